The maximum Gasteiger partial charge on any atom is 0.164 e. The summed E-state index contributed by atoms with van der Waals surface area (Å²) < 4.78 is 8.85. The number of hydrogen-bond acceptors (Lipinski definition) is 3. The van der Waals surface area contributed by atoms with Gasteiger partial charge in [0.25, 0.3) is 0 Å². The van der Waals surface area contributed by atoms with Gasteiger partial charge in [-0.1, -0.05) is 127 Å². The Morgan fingerprint density at radius 2 is 1.04 bits per heavy atom. The highest BCUT2D eigenvalue weighted by Gasteiger charge is 2.20. The van der Waals surface area contributed by atoms with Crippen LogP contribution in [0.15, 0.2) is 180 Å². The topological polar surface area (TPSA) is 43.9 Å². The molecule has 0 N–H and O–H groups in total. The van der Waals surface area contributed by atoms with Gasteiger partial charge in [-0.3, -0.25) is 0 Å². The van der Waals surface area contributed by atoms with Crippen LogP contribution in [0.25, 0.3) is 94.5 Å². The van der Waals surface area contributed by atoms with Gasteiger partial charge in [0.2, 0.25) is 0 Å². The average molecular weight is 640 g/mol. The molecular weight excluding hydrogens is 611 g/mol. The molecular formula is C46H29N3O. The maximum absolute atomic E-state index is 6.50. The van der Waals surface area contributed by atoms with Crippen LogP contribution in [0.5, 0.6) is 0 Å². The lowest BCUT2D eigenvalue weighted by Gasteiger charge is -2.12. The second-order valence-corrected chi connectivity index (χ2v) is 12.6. The number of hydrogen-bond donors (Lipinski definition) is 0. The van der Waals surface area contributed by atoms with Crippen molar-refractivity contribution in [2.45, 2.75) is 0 Å². The molecule has 10 rings (SSSR count). The average Bonchev–Trinajstić information content (AvgIpc) is 3.75. The summed E-state index contributed by atoms with van der Waals surface area (Å²) in [5.41, 5.74) is 12.0. The Balaban J connectivity index is 1.26. The summed E-state index contributed by atoms with van der Waals surface area (Å²) in [6, 6.07) is 61.3. The summed E-state index contributed by atoms with van der Waals surface area (Å²) in [4.78, 5) is 10.6. The quantitative estimate of drug-likeness (QED) is 0.188. The van der Waals surface area contributed by atoms with Crippen LogP contribution in [0.2, 0.25) is 0 Å². The standard InChI is InChI=1S/C46H29N3O/c1-3-14-30(15-4-1)31-16-11-17-32(28-31)39-29-40(48-46(47-39)38-24-12-22-35-34-20-8-10-27-43(34)50-45(35)38)36-23-13-26-42-44(36)37-21-7-9-25-41(37)49(42)33-18-5-2-6-19-33/h1-29H. The largest absolute Gasteiger partial charge is 0.455 e. The van der Waals surface area contributed by atoms with Crippen LogP contribution >= 0.6 is 0 Å². The molecule has 3 heterocycles. The van der Waals surface area contributed by atoms with Gasteiger partial charge in [-0.15, -0.1) is 0 Å². The molecule has 10 aromatic rings. The van der Waals surface area contributed by atoms with Crippen LogP contribution in [0, 0.1) is 0 Å². The number of furan rings is 1. The minimum atomic E-state index is 0.621. The van der Waals surface area contributed by atoms with Gasteiger partial charge >= 0.3 is 0 Å². The van der Waals surface area contributed by atoms with Gasteiger partial charge in [0, 0.05) is 38.4 Å². The van der Waals surface area contributed by atoms with E-state index in [0.717, 1.165) is 83.3 Å². The Labute approximate surface area is 288 Å². The summed E-state index contributed by atoms with van der Waals surface area (Å²) >= 11 is 0. The molecule has 3 aromatic heterocycles. The number of aromatic nitrogens is 3. The minimum absolute atomic E-state index is 0.621. The molecule has 4 nitrogen and oxygen atoms in total. The van der Waals surface area contributed by atoms with E-state index < -0.39 is 0 Å². The highest BCUT2D eigenvalue weighted by atomic mass is 16.3. The highest BCUT2D eigenvalue weighted by molar-refractivity contribution is 6.16. The molecule has 0 unspecified atom stereocenters. The third kappa shape index (κ3) is 4.54. The van der Waals surface area contributed by atoms with Gasteiger partial charge in [0.15, 0.2) is 5.82 Å². The monoisotopic (exact) mass is 639 g/mol. The Kier molecular flexibility index (Phi) is 6.46. The third-order valence-corrected chi connectivity index (χ3v) is 9.62. The maximum atomic E-state index is 6.50. The Morgan fingerprint density at radius 1 is 0.420 bits per heavy atom. The highest BCUT2D eigenvalue weighted by Crippen LogP contribution is 2.41. The van der Waals surface area contributed by atoms with E-state index in [2.05, 4.69) is 156 Å². The molecule has 0 atom stereocenters. The lowest BCUT2D eigenvalue weighted by Crippen LogP contribution is -1.97. The fourth-order valence-electron chi connectivity index (χ4n) is 7.35. The fraction of sp³-hybridized carbons (Fsp3) is 0. The van der Waals surface area contributed by atoms with E-state index in [1.807, 2.05) is 24.3 Å². The van der Waals surface area contributed by atoms with Gasteiger partial charge in [0.1, 0.15) is 11.2 Å². The van der Waals surface area contributed by atoms with E-state index in [0.29, 0.717) is 5.82 Å². The molecule has 7 aromatic carbocycles. The zero-order chi connectivity index (χ0) is 33.0. The summed E-state index contributed by atoms with van der Waals surface area (Å²) in [6.07, 6.45) is 0. The van der Waals surface area contributed by atoms with Crippen molar-refractivity contribution in [2.75, 3.05) is 0 Å². The molecule has 0 fully saturated rings. The van der Waals surface area contributed by atoms with Crippen LogP contribution in [0.3, 0.4) is 0 Å². The van der Waals surface area contributed by atoms with E-state index in [1.54, 1.807) is 0 Å². The number of fused-ring (bicyclic) bond motifs is 6. The first-order valence-electron chi connectivity index (χ1n) is 16.8. The molecule has 0 saturated heterocycles. The molecule has 0 amide bonds. The fourth-order valence-corrected chi connectivity index (χ4v) is 7.35. The van der Waals surface area contributed by atoms with E-state index in [-0.39, 0.29) is 0 Å². The van der Waals surface area contributed by atoms with Gasteiger partial charge in [-0.25, -0.2) is 9.97 Å². The normalized spacial score (nSPS) is 11.6. The van der Waals surface area contributed by atoms with Gasteiger partial charge in [-0.2, -0.15) is 0 Å². The van der Waals surface area contributed by atoms with Crippen LogP contribution in [0.1, 0.15) is 0 Å². The van der Waals surface area contributed by atoms with Crippen molar-refractivity contribution in [1.29, 1.82) is 0 Å². The van der Waals surface area contributed by atoms with Crippen molar-refractivity contribution in [1.82, 2.24) is 14.5 Å². The molecule has 0 spiro atoms. The Morgan fingerprint density at radius 3 is 1.92 bits per heavy atom. The summed E-state index contributed by atoms with van der Waals surface area (Å²) in [7, 11) is 0. The molecule has 0 bridgehead atoms. The van der Waals surface area contributed by atoms with Crippen LogP contribution < -0.4 is 0 Å². The van der Waals surface area contributed by atoms with Gasteiger partial charge in [0.05, 0.1) is 28.0 Å². The summed E-state index contributed by atoms with van der Waals surface area (Å²) in [6.45, 7) is 0. The molecule has 234 valence electrons. The summed E-state index contributed by atoms with van der Waals surface area (Å²) in [5, 5.41) is 4.46. The Bertz CT molecular complexity index is 2870. The SMILES string of the molecule is c1ccc(-c2cccc(-c3cc(-c4cccc5c4c4ccccc4n5-c4ccccc4)nc(-c4cccc5c4oc4ccccc45)n3)c2)cc1. The molecule has 0 aliphatic rings. The van der Waals surface area contributed by atoms with Crippen molar-refractivity contribution < 1.29 is 4.42 Å². The number of para-hydroxylation sites is 4. The van der Waals surface area contributed by atoms with E-state index in [9.17, 15) is 0 Å². The minimum Gasteiger partial charge on any atom is -0.455 e. The molecule has 0 saturated carbocycles. The van der Waals surface area contributed by atoms with Gasteiger partial charge in [-0.05, 0) is 59.7 Å². The lowest BCUT2D eigenvalue weighted by atomic mass is 9.99. The van der Waals surface area contributed by atoms with Gasteiger partial charge < -0.3 is 8.98 Å². The van der Waals surface area contributed by atoms with E-state index in [1.165, 1.54) is 5.39 Å². The predicted octanol–water partition coefficient (Wildman–Crippen LogP) is 12.1. The zero-order valence-corrected chi connectivity index (χ0v) is 27.0. The first-order chi connectivity index (χ1) is 24.8. The van der Waals surface area contributed by atoms with Crippen molar-refractivity contribution in [3.63, 3.8) is 0 Å². The number of rotatable bonds is 5. The van der Waals surface area contributed by atoms with E-state index >= 15 is 0 Å². The zero-order valence-electron chi connectivity index (χ0n) is 27.0. The molecule has 0 radical (unpaired) electrons. The molecule has 0 aliphatic heterocycles. The number of nitrogens with zero attached hydrogens (tertiary/aromatic N) is 3. The smallest absolute Gasteiger partial charge is 0.164 e. The predicted molar refractivity (Wildman–Crippen MR) is 205 cm³/mol. The van der Waals surface area contributed by atoms with Crippen LogP contribution in [-0.2, 0) is 0 Å². The molecule has 4 heteroatoms. The lowest BCUT2D eigenvalue weighted by molar-refractivity contribution is 0.669. The van der Waals surface area contributed by atoms with Crippen LogP contribution in [0.4, 0.5) is 0 Å². The second-order valence-electron chi connectivity index (χ2n) is 12.6. The number of benzene rings is 7. The first-order valence-corrected chi connectivity index (χ1v) is 16.8. The second kappa shape index (κ2) is 11.4. The first kappa shape index (κ1) is 28.3. The molecule has 50 heavy (non-hydrogen) atoms. The van der Waals surface area contributed by atoms with Crippen molar-refractivity contribution >= 4 is 43.7 Å². The van der Waals surface area contributed by atoms with E-state index in [4.69, 9.17) is 14.4 Å². The van der Waals surface area contributed by atoms with Crippen molar-refractivity contribution in [2.24, 2.45) is 0 Å². The van der Waals surface area contributed by atoms with Crippen molar-refractivity contribution in [3.8, 4) is 50.7 Å². The summed E-state index contributed by atoms with van der Waals surface area (Å²) in [5.74, 6) is 0.621. The third-order valence-electron chi connectivity index (χ3n) is 9.62. The van der Waals surface area contributed by atoms with Crippen molar-refractivity contribution in [3.05, 3.63) is 176 Å². The van der Waals surface area contributed by atoms with Crippen LogP contribution in [-0.4, -0.2) is 14.5 Å². The Hall–Kier alpha value is -6.78. The molecule has 0 aliphatic carbocycles.